The molecular formula is C19H22F3N5O3S. The van der Waals surface area contributed by atoms with Gasteiger partial charge in [-0.2, -0.15) is 13.2 Å². The first-order valence-electron chi connectivity index (χ1n) is 9.76. The Morgan fingerprint density at radius 1 is 1.16 bits per heavy atom. The number of nitrogens with two attached hydrogens (primary N) is 1. The highest BCUT2D eigenvalue weighted by atomic mass is 32.2. The van der Waals surface area contributed by atoms with E-state index in [1.165, 1.54) is 6.07 Å². The number of nitrogens with zero attached hydrogens (tertiary/aromatic N) is 4. The predicted molar refractivity (Wildman–Crippen MR) is 108 cm³/mol. The van der Waals surface area contributed by atoms with Crippen LogP contribution in [0.15, 0.2) is 18.3 Å². The van der Waals surface area contributed by atoms with E-state index in [-0.39, 0.29) is 28.7 Å². The molecule has 1 aliphatic carbocycles. The number of pyridine rings is 1. The maximum atomic E-state index is 13.7. The molecule has 2 aliphatic rings. The smallest absolute Gasteiger partial charge is 0.384 e. The fraction of sp³-hybridized carbons (Fsp3) is 0.526. The molecule has 0 radical (unpaired) electrons. The van der Waals surface area contributed by atoms with Gasteiger partial charge in [0.05, 0.1) is 30.2 Å². The van der Waals surface area contributed by atoms with E-state index >= 15 is 0 Å². The Morgan fingerprint density at radius 2 is 1.84 bits per heavy atom. The second-order valence-electron chi connectivity index (χ2n) is 7.81. The van der Waals surface area contributed by atoms with E-state index in [9.17, 15) is 21.6 Å². The number of anilines is 2. The van der Waals surface area contributed by atoms with Gasteiger partial charge in [0.2, 0.25) is 5.95 Å². The minimum atomic E-state index is -4.69. The molecule has 31 heavy (non-hydrogen) atoms. The molecule has 168 valence electrons. The Hall–Kier alpha value is -2.47. The molecule has 0 amide bonds. The summed E-state index contributed by atoms with van der Waals surface area (Å²) < 4.78 is 70.5. The standard InChI is InChI=1S/C19H22F3N5O3S/c1-31(28,29)18(3-2-4-18)15-10-14(25-17(26-15)27-5-7-30-8-6-27)12-11-24-16(23)9-13(12)19(20,21)22/h9-11H,2-8H2,1H3,(H2,23,24). The first kappa shape index (κ1) is 21.8. The van der Waals surface area contributed by atoms with Crippen molar-refractivity contribution in [3.8, 4) is 11.3 Å². The van der Waals surface area contributed by atoms with Crippen molar-refractivity contribution in [3.63, 3.8) is 0 Å². The number of halogens is 3. The third-order valence-corrected chi connectivity index (χ3v) is 7.89. The number of alkyl halides is 3. The average molecular weight is 457 g/mol. The second kappa shape index (κ2) is 7.59. The molecule has 2 aromatic heterocycles. The Morgan fingerprint density at radius 3 is 2.39 bits per heavy atom. The lowest BCUT2D eigenvalue weighted by atomic mass is 9.81. The van der Waals surface area contributed by atoms with Crippen molar-refractivity contribution < 1.29 is 26.3 Å². The van der Waals surface area contributed by atoms with Gasteiger partial charge in [-0.1, -0.05) is 0 Å². The first-order chi connectivity index (χ1) is 14.5. The van der Waals surface area contributed by atoms with Crippen LogP contribution < -0.4 is 10.6 Å². The summed E-state index contributed by atoms with van der Waals surface area (Å²) in [5.74, 6) is -0.0963. The zero-order valence-corrected chi connectivity index (χ0v) is 17.6. The molecule has 1 aliphatic heterocycles. The Labute approximate surface area is 177 Å². The third kappa shape index (κ3) is 3.93. The summed E-state index contributed by atoms with van der Waals surface area (Å²) in [5, 5.41) is 0. The Kier molecular flexibility index (Phi) is 5.32. The largest absolute Gasteiger partial charge is 0.417 e. The molecule has 0 unspecified atom stereocenters. The first-order valence-corrected chi connectivity index (χ1v) is 11.7. The number of hydrogen-bond donors (Lipinski definition) is 1. The van der Waals surface area contributed by atoms with E-state index in [0.29, 0.717) is 45.6 Å². The van der Waals surface area contributed by atoms with Gasteiger partial charge < -0.3 is 15.4 Å². The van der Waals surface area contributed by atoms with E-state index in [1.54, 1.807) is 4.90 Å². The molecule has 12 heteroatoms. The van der Waals surface area contributed by atoms with E-state index in [2.05, 4.69) is 15.0 Å². The van der Waals surface area contributed by atoms with Crippen molar-refractivity contribution in [1.82, 2.24) is 15.0 Å². The van der Waals surface area contributed by atoms with Crippen LogP contribution in [0, 0.1) is 0 Å². The number of rotatable bonds is 4. The molecular weight excluding hydrogens is 435 g/mol. The normalized spacial score (nSPS) is 19.2. The quantitative estimate of drug-likeness (QED) is 0.745. The van der Waals surface area contributed by atoms with Gasteiger partial charge in [0.15, 0.2) is 9.84 Å². The highest BCUT2D eigenvalue weighted by Gasteiger charge is 2.50. The van der Waals surface area contributed by atoms with Gasteiger partial charge in [0.1, 0.15) is 10.6 Å². The lowest BCUT2D eigenvalue weighted by Crippen LogP contribution is -2.43. The molecule has 3 heterocycles. The van der Waals surface area contributed by atoms with Crippen molar-refractivity contribution in [2.45, 2.75) is 30.2 Å². The Balaban J connectivity index is 1.93. The van der Waals surface area contributed by atoms with Crippen LogP contribution >= 0.6 is 0 Å². The monoisotopic (exact) mass is 457 g/mol. The summed E-state index contributed by atoms with van der Waals surface area (Å²) in [6.07, 6.45) is -1.14. The predicted octanol–water partition coefficient (Wildman–Crippen LogP) is 2.40. The lowest BCUT2D eigenvalue weighted by molar-refractivity contribution is -0.137. The summed E-state index contributed by atoms with van der Waals surface area (Å²) >= 11 is 0. The number of sulfone groups is 1. The fourth-order valence-corrected chi connectivity index (χ4v) is 5.45. The maximum Gasteiger partial charge on any atom is 0.417 e. The van der Waals surface area contributed by atoms with Gasteiger partial charge in [-0.05, 0) is 31.4 Å². The van der Waals surface area contributed by atoms with Crippen LogP contribution in [0.25, 0.3) is 11.3 Å². The molecule has 0 bridgehead atoms. The number of hydrogen-bond acceptors (Lipinski definition) is 8. The maximum absolute atomic E-state index is 13.7. The van der Waals surface area contributed by atoms with Crippen molar-refractivity contribution >= 4 is 21.6 Å². The van der Waals surface area contributed by atoms with Crippen LogP contribution in [0.5, 0.6) is 0 Å². The third-order valence-electron chi connectivity index (χ3n) is 5.85. The second-order valence-corrected chi connectivity index (χ2v) is 10.1. The summed E-state index contributed by atoms with van der Waals surface area (Å²) in [5.41, 5.74) is 4.39. The lowest BCUT2D eigenvalue weighted by Gasteiger charge is -2.40. The van der Waals surface area contributed by atoms with E-state index < -0.39 is 26.3 Å². The average Bonchev–Trinajstić information content (AvgIpc) is 2.65. The van der Waals surface area contributed by atoms with Gasteiger partial charge in [-0.15, -0.1) is 0 Å². The van der Waals surface area contributed by atoms with Gasteiger partial charge >= 0.3 is 6.18 Å². The summed E-state index contributed by atoms with van der Waals surface area (Å²) in [4.78, 5) is 14.5. The molecule has 1 saturated carbocycles. The molecule has 1 saturated heterocycles. The molecule has 0 aromatic carbocycles. The van der Waals surface area contributed by atoms with Gasteiger partial charge in [-0.3, -0.25) is 0 Å². The van der Waals surface area contributed by atoms with E-state index in [1.807, 2.05) is 0 Å². The van der Waals surface area contributed by atoms with Crippen LogP contribution in [0.2, 0.25) is 0 Å². The highest BCUT2D eigenvalue weighted by molar-refractivity contribution is 7.91. The van der Waals surface area contributed by atoms with Gasteiger partial charge in [0.25, 0.3) is 0 Å². The Bertz CT molecular complexity index is 1100. The zero-order chi connectivity index (χ0) is 22.4. The van der Waals surface area contributed by atoms with Crippen LogP contribution in [-0.2, 0) is 25.5 Å². The summed E-state index contributed by atoms with van der Waals surface area (Å²) in [7, 11) is -3.56. The van der Waals surface area contributed by atoms with Crippen molar-refractivity contribution in [3.05, 3.63) is 29.6 Å². The molecule has 8 nitrogen and oxygen atoms in total. The fourth-order valence-electron chi connectivity index (χ4n) is 3.94. The van der Waals surface area contributed by atoms with Crippen LogP contribution in [0.4, 0.5) is 24.9 Å². The van der Waals surface area contributed by atoms with Crippen molar-refractivity contribution in [2.75, 3.05) is 43.2 Å². The molecule has 0 spiro atoms. The summed E-state index contributed by atoms with van der Waals surface area (Å²) in [6, 6.07) is 2.09. The number of aromatic nitrogens is 3. The van der Waals surface area contributed by atoms with Crippen molar-refractivity contribution in [2.24, 2.45) is 0 Å². The number of morpholine rings is 1. The SMILES string of the molecule is CS(=O)(=O)C1(c2cc(-c3cnc(N)cc3C(F)(F)F)nc(N3CCOCC3)n2)CCC1. The summed E-state index contributed by atoms with van der Waals surface area (Å²) in [6.45, 7) is 1.72. The zero-order valence-electron chi connectivity index (χ0n) is 16.8. The molecule has 2 N–H and O–H groups in total. The molecule has 0 atom stereocenters. The minimum Gasteiger partial charge on any atom is -0.384 e. The molecule has 2 fully saturated rings. The van der Waals surface area contributed by atoms with Crippen LogP contribution in [-0.4, -0.2) is 55.9 Å². The van der Waals surface area contributed by atoms with Gasteiger partial charge in [0, 0.05) is 31.1 Å². The molecule has 4 rings (SSSR count). The van der Waals surface area contributed by atoms with Crippen molar-refractivity contribution in [1.29, 1.82) is 0 Å². The van der Waals surface area contributed by atoms with Crippen LogP contribution in [0.1, 0.15) is 30.5 Å². The minimum absolute atomic E-state index is 0.0405. The van der Waals surface area contributed by atoms with Gasteiger partial charge in [-0.25, -0.2) is 23.4 Å². The number of ether oxygens (including phenoxy) is 1. The van der Waals surface area contributed by atoms with Crippen LogP contribution in [0.3, 0.4) is 0 Å². The number of nitrogen functional groups attached to an aromatic ring is 1. The topological polar surface area (TPSA) is 111 Å². The van der Waals surface area contributed by atoms with E-state index in [0.717, 1.165) is 18.5 Å². The highest BCUT2D eigenvalue weighted by Crippen LogP contribution is 2.48. The molecule has 2 aromatic rings. The van der Waals surface area contributed by atoms with E-state index in [4.69, 9.17) is 10.5 Å².